The van der Waals surface area contributed by atoms with Gasteiger partial charge in [-0.15, -0.1) is 0 Å². The van der Waals surface area contributed by atoms with Gasteiger partial charge in [-0.1, -0.05) is 23.7 Å². The number of hydrogen-bond acceptors (Lipinski definition) is 2. The van der Waals surface area contributed by atoms with E-state index in [0.29, 0.717) is 10.6 Å². The fourth-order valence-corrected chi connectivity index (χ4v) is 2.24. The van der Waals surface area contributed by atoms with E-state index in [2.05, 4.69) is 4.98 Å². The molecule has 1 aromatic heterocycles. The Hall–Kier alpha value is -1.78. The second kappa shape index (κ2) is 6.78. The van der Waals surface area contributed by atoms with E-state index >= 15 is 0 Å². The number of Topliss-reactive ketones (excluding diaryl/α,β-unsaturated/α-hetero) is 1. The van der Waals surface area contributed by atoms with Crippen molar-refractivity contribution >= 4 is 28.4 Å². The van der Waals surface area contributed by atoms with Crippen LogP contribution in [0.4, 0.5) is 0 Å². The molecule has 3 nitrogen and oxygen atoms in total. The van der Waals surface area contributed by atoms with E-state index in [1.54, 1.807) is 30.5 Å². The number of para-hydroxylation sites is 2. The average molecular weight is 364 g/mol. The second-order valence-corrected chi connectivity index (χ2v) is 4.91. The van der Waals surface area contributed by atoms with E-state index in [0.717, 1.165) is 11.0 Å². The minimum Gasteiger partial charge on any atom is -1.00 e. The van der Waals surface area contributed by atoms with E-state index in [-0.39, 0.29) is 29.3 Å². The Balaban J connectivity index is 0.00000161. The molecule has 21 heavy (non-hydrogen) atoms. The second-order valence-electron chi connectivity index (χ2n) is 4.47. The van der Waals surface area contributed by atoms with E-state index in [1.165, 1.54) is 0 Å². The van der Waals surface area contributed by atoms with Crippen LogP contribution in [0.25, 0.3) is 11.0 Å². The Morgan fingerprint density at radius 1 is 1.10 bits per heavy atom. The quantitative estimate of drug-likeness (QED) is 0.487. The van der Waals surface area contributed by atoms with Crippen molar-refractivity contribution in [2.75, 3.05) is 0 Å². The lowest BCUT2D eigenvalue weighted by Crippen LogP contribution is -3.00. The first kappa shape index (κ1) is 15.6. The van der Waals surface area contributed by atoms with Gasteiger partial charge in [0, 0.05) is 16.7 Å². The third-order valence-corrected chi connectivity index (χ3v) is 3.38. The van der Waals surface area contributed by atoms with Crippen molar-refractivity contribution in [1.29, 1.82) is 0 Å². The number of carbonyl (C=O) groups is 1. The Kier molecular flexibility index (Phi) is 5.04. The van der Waals surface area contributed by atoms with Crippen LogP contribution in [-0.2, 0) is 6.54 Å². The highest BCUT2D eigenvalue weighted by Gasteiger charge is 2.15. The van der Waals surface area contributed by atoms with Crippen molar-refractivity contribution < 1.29 is 26.3 Å². The van der Waals surface area contributed by atoms with Crippen molar-refractivity contribution in [1.82, 2.24) is 4.98 Å². The number of hydrogen-bond donors (Lipinski definition) is 0. The Morgan fingerprint density at radius 2 is 1.81 bits per heavy atom. The third kappa shape index (κ3) is 3.46. The fourth-order valence-electron chi connectivity index (χ4n) is 2.11. The average Bonchev–Trinajstić information content (AvgIpc) is 2.48. The van der Waals surface area contributed by atoms with Crippen molar-refractivity contribution in [3.63, 3.8) is 0 Å². The minimum atomic E-state index is 0. The molecule has 0 saturated heterocycles. The van der Waals surface area contributed by atoms with Gasteiger partial charge in [0.05, 0.1) is 6.20 Å². The number of nitrogens with zero attached hydrogens (tertiary/aromatic N) is 2. The smallest absolute Gasteiger partial charge is 0.231 e. The van der Waals surface area contributed by atoms with Crippen LogP contribution >= 0.6 is 11.6 Å². The molecule has 0 atom stereocenters. The molecule has 1 heterocycles. The lowest BCUT2D eigenvalue weighted by atomic mass is 10.1. The van der Waals surface area contributed by atoms with Crippen molar-refractivity contribution in [3.05, 3.63) is 71.5 Å². The first-order chi connectivity index (χ1) is 9.74. The largest absolute Gasteiger partial charge is 1.00 e. The van der Waals surface area contributed by atoms with Gasteiger partial charge in [0.25, 0.3) is 0 Å². The molecule has 0 aliphatic heterocycles. The van der Waals surface area contributed by atoms with E-state index in [1.807, 2.05) is 35.0 Å². The molecular weight excluding hydrogens is 352 g/mol. The summed E-state index contributed by atoms with van der Waals surface area (Å²) < 4.78 is 1.90. The van der Waals surface area contributed by atoms with Crippen LogP contribution in [0.5, 0.6) is 0 Å². The van der Waals surface area contributed by atoms with Gasteiger partial charge in [0.1, 0.15) is 5.52 Å². The third-order valence-electron chi connectivity index (χ3n) is 3.13. The van der Waals surface area contributed by atoms with Gasteiger partial charge in [0.15, 0.2) is 6.20 Å². The van der Waals surface area contributed by atoms with Crippen LogP contribution in [0.3, 0.4) is 0 Å². The fraction of sp³-hybridized carbons (Fsp3) is 0.0625. The van der Waals surface area contributed by atoms with Crippen LogP contribution in [-0.4, -0.2) is 10.8 Å². The highest BCUT2D eigenvalue weighted by molar-refractivity contribution is 6.30. The van der Waals surface area contributed by atoms with Crippen LogP contribution in [0.15, 0.2) is 60.9 Å². The number of benzene rings is 2. The highest BCUT2D eigenvalue weighted by atomic mass is 79.9. The number of aromatic nitrogens is 2. The normalized spacial score (nSPS) is 10.1. The monoisotopic (exact) mass is 362 g/mol. The molecule has 0 fully saturated rings. The summed E-state index contributed by atoms with van der Waals surface area (Å²) in [6.07, 6.45) is 3.52. The molecule has 5 heteroatoms. The topological polar surface area (TPSA) is 33.8 Å². The van der Waals surface area contributed by atoms with Gasteiger partial charge in [-0.25, -0.2) is 4.98 Å². The molecule has 3 rings (SSSR count). The zero-order valence-corrected chi connectivity index (χ0v) is 13.4. The summed E-state index contributed by atoms with van der Waals surface area (Å²) in [5.41, 5.74) is 2.47. The first-order valence-electron chi connectivity index (χ1n) is 6.26. The maximum atomic E-state index is 12.3. The molecule has 0 radical (unpaired) electrons. The molecule has 106 valence electrons. The van der Waals surface area contributed by atoms with Gasteiger partial charge >= 0.3 is 0 Å². The van der Waals surface area contributed by atoms with Crippen molar-refractivity contribution in [2.45, 2.75) is 6.54 Å². The summed E-state index contributed by atoms with van der Waals surface area (Å²) in [6, 6.07) is 14.7. The standard InChI is InChI=1S/C16H12ClN2O.BrH/c17-13-7-5-12(6-8-13)16(20)11-19-10-9-18-14-3-1-2-4-15(14)19;/h1-10H,11H2;1H/q+1;/p-1. The number of halogens is 2. The molecular formula is C16H12BrClN2O. The lowest BCUT2D eigenvalue weighted by molar-refractivity contribution is -0.657. The maximum absolute atomic E-state index is 12.3. The highest BCUT2D eigenvalue weighted by Crippen LogP contribution is 2.10. The number of rotatable bonds is 3. The molecule has 0 bridgehead atoms. The molecule has 0 unspecified atom stereocenters. The summed E-state index contributed by atoms with van der Waals surface area (Å²) in [4.78, 5) is 16.6. The van der Waals surface area contributed by atoms with Gasteiger partial charge in [-0.3, -0.25) is 4.79 Å². The number of carbonyl (C=O) groups excluding carboxylic acids is 1. The Morgan fingerprint density at radius 3 is 2.57 bits per heavy atom. The molecule has 0 N–H and O–H groups in total. The Labute approximate surface area is 138 Å². The van der Waals surface area contributed by atoms with E-state index in [9.17, 15) is 4.79 Å². The van der Waals surface area contributed by atoms with Gasteiger partial charge in [0.2, 0.25) is 17.8 Å². The SMILES string of the molecule is O=C(C[n+]1ccnc2ccccc21)c1ccc(Cl)cc1.[Br-]. The molecule has 2 aromatic carbocycles. The van der Waals surface area contributed by atoms with Crippen LogP contribution in [0, 0.1) is 0 Å². The zero-order valence-electron chi connectivity index (χ0n) is 11.0. The number of fused-ring (bicyclic) bond motifs is 1. The molecule has 0 aliphatic carbocycles. The molecule has 0 spiro atoms. The predicted molar refractivity (Wildman–Crippen MR) is 77.7 cm³/mol. The predicted octanol–water partition coefficient (Wildman–Crippen LogP) is 0.0626. The summed E-state index contributed by atoms with van der Waals surface area (Å²) >= 11 is 5.83. The van der Waals surface area contributed by atoms with Crippen LogP contribution in [0.1, 0.15) is 10.4 Å². The first-order valence-corrected chi connectivity index (χ1v) is 6.64. The Bertz CT molecular complexity index is 769. The summed E-state index contributed by atoms with van der Waals surface area (Å²) in [5, 5.41) is 0.628. The van der Waals surface area contributed by atoms with Crippen LogP contribution < -0.4 is 21.5 Å². The summed E-state index contributed by atoms with van der Waals surface area (Å²) in [6.45, 7) is 0.282. The van der Waals surface area contributed by atoms with Crippen LogP contribution in [0.2, 0.25) is 5.02 Å². The molecule has 3 aromatic rings. The van der Waals surface area contributed by atoms with Gasteiger partial charge < -0.3 is 17.0 Å². The van der Waals surface area contributed by atoms with E-state index < -0.39 is 0 Å². The summed E-state index contributed by atoms with van der Waals surface area (Å²) in [5.74, 6) is 0.0445. The summed E-state index contributed by atoms with van der Waals surface area (Å²) in [7, 11) is 0. The number of ketones is 1. The maximum Gasteiger partial charge on any atom is 0.231 e. The molecule has 0 amide bonds. The lowest BCUT2D eigenvalue weighted by Gasteiger charge is -2.01. The zero-order chi connectivity index (χ0) is 13.9. The van der Waals surface area contributed by atoms with Crippen molar-refractivity contribution in [2.24, 2.45) is 0 Å². The minimum absolute atomic E-state index is 0. The van der Waals surface area contributed by atoms with E-state index in [4.69, 9.17) is 11.6 Å². The van der Waals surface area contributed by atoms with Crippen molar-refractivity contribution in [3.8, 4) is 0 Å². The molecule has 0 aliphatic rings. The van der Waals surface area contributed by atoms with Gasteiger partial charge in [-0.05, 0) is 30.3 Å². The van der Waals surface area contributed by atoms with Gasteiger partial charge in [-0.2, -0.15) is 4.57 Å². The molecule has 0 saturated carbocycles.